The number of aromatic nitrogens is 2. The fourth-order valence-corrected chi connectivity index (χ4v) is 2.65. The third-order valence-corrected chi connectivity index (χ3v) is 3.93. The van der Waals surface area contributed by atoms with Gasteiger partial charge in [-0.15, -0.1) is 0 Å². The lowest BCUT2D eigenvalue weighted by molar-refractivity contribution is -0.384. The van der Waals surface area contributed by atoms with Crippen molar-refractivity contribution in [1.82, 2.24) is 9.78 Å². The van der Waals surface area contributed by atoms with Gasteiger partial charge in [0.25, 0.3) is 11.6 Å². The quantitative estimate of drug-likeness (QED) is 0.445. The number of hydrogen-bond acceptors (Lipinski definition) is 7. The average molecular weight is 412 g/mol. The normalized spacial score (nSPS) is 10.3. The van der Waals surface area contributed by atoms with Crippen LogP contribution in [0.15, 0.2) is 48.7 Å². The van der Waals surface area contributed by atoms with E-state index < -0.39 is 16.8 Å². The molecule has 1 heterocycles. The summed E-state index contributed by atoms with van der Waals surface area (Å²) in [5.41, 5.74) is -0.937. The Balaban J connectivity index is 1.94. The van der Waals surface area contributed by atoms with E-state index in [-0.39, 0.29) is 28.4 Å². The van der Waals surface area contributed by atoms with Gasteiger partial charge in [-0.2, -0.15) is 5.10 Å². The van der Waals surface area contributed by atoms with E-state index in [2.05, 4.69) is 10.4 Å². The largest absolute Gasteiger partial charge is 0.493 e. The van der Waals surface area contributed by atoms with E-state index in [1.54, 1.807) is 24.3 Å². The molecule has 30 heavy (non-hydrogen) atoms. The summed E-state index contributed by atoms with van der Waals surface area (Å²) in [4.78, 5) is 34.5. The van der Waals surface area contributed by atoms with Crippen molar-refractivity contribution >= 4 is 23.3 Å². The second kappa shape index (κ2) is 8.31. The predicted molar refractivity (Wildman–Crippen MR) is 104 cm³/mol. The van der Waals surface area contributed by atoms with Crippen LogP contribution in [0.1, 0.15) is 20.8 Å². The zero-order valence-corrected chi connectivity index (χ0v) is 15.9. The highest BCUT2D eigenvalue weighted by Gasteiger charge is 2.22. The van der Waals surface area contributed by atoms with Crippen LogP contribution in [0.5, 0.6) is 17.2 Å². The number of aromatic carboxylic acids is 1. The Morgan fingerprint density at radius 3 is 2.53 bits per heavy atom. The molecule has 2 N–H and O–H groups in total. The van der Waals surface area contributed by atoms with Gasteiger partial charge >= 0.3 is 5.97 Å². The van der Waals surface area contributed by atoms with Crippen LogP contribution in [-0.2, 0) is 7.05 Å². The lowest BCUT2D eigenvalue weighted by Crippen LogP contribution is -2.16. The van der Waals surface area contributed by atoms with Crippen molar-refractivity contribution in [2.24, 2.45) is 7.05 Å². The van der Waals surface area contributed by atoms with Gasteiger partial charge in [-0.05, 0) is 12.1 Å². The Kier molecular flexibility index (Phi) is 5.63. The fraction of sp³-hybridized carbons (Fsp3) is 0.105. The number of nitro groups is 1. The Labute approximate surface area is 169 Å². The maximum atomic E-state index is 12.5. The summed E-state index contributed by atoms with van der Waals surface area (Å²) in [5, 5.41) is 26.8. The number of amides is 1. The summed E-state index contributed by atoms with van der Waals surface area (Å²) >= 11 is 0. The number of aryl methyl sites for hydroxylation is 1. The average Bonchev–Trinajstić information content (AvgIpc) is 3.10. The number of non-ortho nitro benzene ring substituents is 1. The summed E-state index contributed by atoms with van der Waals surface area (Å²) in [6.07, 6.45) is 1.18. The molecule has 11 heteroatoms. The van der Waals surface area contributed by atoms with E-state index in [0.29, 0.717) is 11.5 Å². The van der Waals surface area contributed by atoms with Crippen LogP contribution in [0.25, 0.3) is 0 Å². The van der Waals surface area contributed by atoms with Crippen molar-refractivity contribution in [3.05, 3.63) is 70.0 Å². The summed E-state index contributed by atoms with van der Waals surface area (Å²) in [5.74, 6) is -1.36. The van der Waals surface area contributed by atoms with Gasteiger partial charge < -0.3 is 19.9 Å². The first-order valence-electron chi connectivity index (χ1n) is 8.47. The van der Waals surface area contributed by atoms with Crippen LogP contribution in [0, 0.1) is 10.1 Å². The van der Waals surface area contributed by atoms with Crippen LogP contribution in [0.4, 0.5) is 11.4 Å². The molecule has 3 rings (SSSR count). The minimum atomic E-state index is -1.33. The van der Waals surface area contributed by atoms with Crippen LogP contribution >= 0.6 is 0 Å². The van der Waals surface area contributed by atoms with Crippen molar-refractivity contribution in [3.8, 4) is 17.2 Å². The number of hydrogen-bond donors (Lipinski definition) is 2. The number of carbonyl (C=O) groups is 2. The number of para-hydroxylation sites is 2. The molecule has 11 nitrogen and oxygen atoms in total. The van der Waals surface area contributed by atoms with E-state index in [1.807, 2.05) is 0 Å². The van der Waals surface area contributed by atoms with Crippen molar-refractivity contribution in [3.63, 3.8) is 0 Å². The molecule has 0 fully saturated rings. The van der Waals surface area contributed by atoms with Gasteiger partial charge in [0.2, 0.25) is 0 Å². The number of carbonyl (C=O) groups excluding carboxylic acids is 1. The zero-order chi connectivity index (χ0) is 21.8. The highest BCUT2D eigenvalue weighted by atomic mass is 16.6. The number of nitrogens with one attached hydrogen (secondary N) is 1. The maximum absolute atomic E-state index is 12.5. The third kappa shape index (κ3) is 4.35. The molecule has 0 saturated heterocycles. The minimum absolute atomic E-state index is 0.0288. The molecular weight excluding hydrogens is 396 g/mol. The Morgan fingerprint density at radius 2 is 1.90 bits per heavy atom. The molecule has 1 aromatic heterocycles. The smallest absolute Gasteiger partial charge is 0.339 e. The molecule has 154 valence electrons. The van der Waals surface area contributed by atoms with Gasteiger partial charge in [-0.25, -0.2) is 4.79 Å². The molecule has 0 bridgehead atoms. The van der Waals surface area contributed by atoms with Gasteiger partial charge in [0.15, 0.2) is 17.2 Å². The number of nitro benzene ring substituents is 1. The molecule has 2 aromatic carbocycles. The molecule has 3 aromatic rings. The predicted octanol–water partition coefficient (Wildman–Crippen LogP) is 3.08. The van der Waals surface area contributed by atoms with Crippen molar-refractivity contribution < 1.29 is 29.1 Å². The molecule has 0 spiro atoms. The van der Waals surface area contributed by atoms with E-state index in [0.717, 1.165) is 6.07 Å². The molecule has 0 saturated carbocycles. The number of anilines is 1. The molecule has 0 radical (unpaired) electrons. The summed E-state index contributed by atoms with van der Waals surface area (Å²) in [6.45, 7) is 0. The highest BCUT2D eigenvalue weighted by molar-refractivity contribution is 6.09. The SMILES string of the molecule is COc1ccccc1Oc1cc(NC(=O)c2nn(C)cc2C(=O)O)cc([N+](=O)[O-])c1. The standard InChI is InChI=1S/C19H16N4O7/c1-22-10-14(19(25)26)17(21-22)18(24)20-11-7-12(23(27)28)9-13(8-11)30-16-6-4-3-5-15(16)29-2/h3-10H,1-2H3,(H,20,24)(H,25,26). The van der Waals surface area contributed by atoms with Crippen LogP contribution in [0.3, 0.4) is 0 Å². The number of ether oxygens (including phenoxy) is 2. The number of carboxylic acid groups (broad SMARTS) is 1. The van der Waals surface area contributed by atoms with Gasteiger partial charge in [0.1, 0.15) is 11.3 Å². The maximum Gasteiger partial charge on any atom is 0.339 e. The topological polar surface area (TPSA) is 146 Å². The number of rotatable bonds is 7. The number of benzene rings is 2. The van der Waals surface area contributed by atoms with E-state index in [1.165, 1.54) is 37.2 Å². The van der Waals surface area contributed by atoms with E-state index in [9.17, 15) is 24.8 Å². The van der Waals surface area contributed by atoms with Crippen molar-refractivity contribution in [1.29, 1.82) is 0 Å². The van der Waals surface area contributed by atoms with Crippen molar-refractivity contribution in [2.45, 2.75) is 0 Å². The van der Waals surface area contributed by atoms with E-state index in [4.69, 9.17) is 9.47 Å². The van der Waals surface area contributed by atoms with Gasteiger partial charge in [-0.1, -0.05) is 12.1 Å². The highest BCUT2D eigenvalue weighted by Crippen LogP contribution is 2.34. The zero-order valence-electron chi connectivity index (χ0n) is 15.9. The van der Waals surface area contributed by atoms with Crippen molar-refractivity contribution in [2.75, 3.05) is 12.4 Å². The Bertz CT molecular complexity index is 1140. The molecule has 1 amide bonds. The summed E-state index contributed by atoms with van der Waals surface area (Å²) < 4.78 is 12.1. The number of methoxy groups -OCH3 is 1. The number of carboxylic acids is 1. The second-order valence-electron chi connectivity index (χ2n) is 6.05. The van der Waals surface area contributed by atoms with Gasteiger partial charge in [0.05, 0.1) is 23.8 Å². The fourth-order valence-electron chi connectivity index (χ4n) is 2.65. The summed E-state index contributed by atoms with van der Waals surface area (Å²) in [7, 11) is 2.92. The van der Waals surface area contributed by atoms with Crippen LogP contribution in [0.2, 0.25) is 0 Å². The third-order valence-electron chi connectivity index (χ3n) is 3.93. The number of nitrogens with zero attached hydrogens (tertiary/aromatic N) is 3. The first-order chi connectivity index (χ1) is 14.3. The minimum Gasteiger partial charge on any atom is -0.493 e. The molecule has 0 aliphatic rings. The molecule has 0 unspecified atom stereocenters. The monoisotopic (exact) mass is 412 g/mol. The lowest BCUT2D eigenvalue weighted by Gasteiger charge is -2.11. The molecule has 0 aliphatic heterocycles. The van der Waals surface area contributed by atoms with Crippen LogP contribution < -0.4 is 14.8 Å². The van der Waals surface area contributed by atoms with Gasteiger partial charge in [0, 0.05) is 25.4 Å². The Hall–Kier alpha value is -4.41. The molecule has 0 aliphatic carbocycles. The molecule has 0 atom stereocenters. The molecular formula is C19H16N4O7. The Morgan fingerprint density at radius 1 is 1.20 bits per heavy atom. The first-order valence-corrected chi connectivity index (χ1v) is 8.47. The summed E-state index contributed by atoms with van der Waals surface area (Å²) in [6, 6.07) is 10.4. The van der Waals surface area contributed by atoms with E-state index >= 15 is 0 Å². The van der Waals surface area contributed by atoms with Gasteiger partial charge in [-0.3, -0.25) is 19.6 Å². The lowest BCUT2D eigenvalue weighted by atomic mass is 10.2. The second-order valence-corrected chi connectivity index (χ2v) is 6.05. The van der Waals surface area contributed by atoms with Crippen LogP contribution in [-0.4, -0.2) is 38.8 Å². The first kappa shape index (κ1) is 20.3.